The maximum Gasteiger partial charge on any atom is 4.00 e. The van der Waals surface area contributed by atoms with E-state index in [2.05, 4.69) is 0 Å². The van der Waals surface area contributed by atoms with Gasteiger partial charge in [0, 0.05) is 36.5 Å². The summed E-state index contributed by atoms with van der Waals surface area (Å²) in [6.45, 7) is 7.83. The van der Waals surface area contributed by atoms with Gasteiger partial charge in [-0.2, -0.15) is 0 Å². The van der Waals surface area contributed by atoms with Gasteiger partial charge in [-0.05, 0) is 27.2 Å². The number of unbranched alkanes of at least 4 members (excludes halogenated alkanes) is 4. The maximum atomic E-state index is 5.70. The first-order chi connectivity index (χ1) is 8.74. The predicted molar refractivity (Wildman–Crippen MR) is 81.4 cm³/mol. The molecule has 0 heterocycles. The Morgan fingerprint density at radius 2 is 1.10 bits per heavy atom. The van der Waals surface area contributed by atoms with Crippen LogP contribution in [0, 0.1) is 0 Å². The summed E-state index contributed by atoms with van der Waals surface area (Å²) in [7, 11) is 1.34. The second kappa shape index (κ2) is 20.7. The van der Waals surface area contributed by atoms with E-state index in [9.17, 15) is 0 Å². The fraction of sp³-hybridized carbons (Fsp3) is 1.00. The standard InChI is InChI=1S/C14H32O3Si.2O.Ti/c1-4-15-14(16-5-2,17-6-3)12-10-8-7-9-11-13-18;;;/h4-13H2,1-3,18H3;;;/q;2*-2;+4. The van der Waals surface area contributed by atoms with Gasteiger partial charge in [0.2, 0.25) is 0 Å². The van der Waals surface area contributed by atoms with Crippen LogP contribution in [0.15, 0.2) is 0 Å². The molecule has 21 heavy (non-hydrogen) atoms. The first-order valence-corrected chi connectivity index (χ1v) is 9.07. The fourth-order valence-corrected chi connectivity index (χ4v) is 2.62. The van der Waals surface area contributed by atoms with Gasteiger partial charge >= 0.3 is 21.7 Å². The fourth-order valence-electron chi connectivity index (χ4n) is 2.12. The Balaban J connectivity index is -0.000000482. The second-order valence-electron chi connectivity index (χ2n) is 4.50. The summed E-state index contributed by atoms with van der Waals surface area (Å²) in [5, 5.41) is 0. The molecule has 0 aliphatic carbocycles. The van der Waals surface area contributed by atoms with Crippen molar-refractivity contribution < 1.29 is 46.9 Å². The Hall–Kier alpha value is 0.731. The van der Waals surface area contributed by atoms with Crippen LogP contribution in [0.1, 0.15) is 59.3 Å². The van der Waals surface area contributed by atoms with Crippen molar-refractivity contribution in [1.29, 1.82) is 0 Å². The summed E-state index contributed by atoms with van der Waals surface area (Å²) < 4.78 is 17.1. The molecule has 0 amide bonds. The monoisotopic (exact) mass is 356 g/mol. The van der Waals surface area contributed by atoms with Crippen molar-refractivity contribution in [3.63, 3.8) is 0 Å². The smallest absolute Gasteiger partial charge is 2.00 e. The molecule has 0 unspecified atom stereocenters. The van der Waals surface area contributed by atoms with Gasteiger partial charge in [0.25, 0.3) is 5.97 Å². The molecule has 126 valence electrons. The summed E-state index contributed by atoms with van der Waals surface area (Å²) in [6, 6.07) is 1.43. The third-order valence-electron chi connectivity index (χ3n) is 2.93. The van der Waals surface area contributed by atoms with E-state index in [4.69, 9.17) is 14.2 Å². The zero-order valence-electron chi connectivity index (χ0n) is 14.1. The van der Waals surface area contributed by atoms with E-state index >= 15 is 0 Å². The minimum Gasteiger partial charge on any atom is -2.00 e. The van der Waals surface area contributed by atoms with Crippen LogP contribution in [-0.2, 0) is 46.9 Å². The molecule has 0 saturated carbocycles. The summed E-state index contributed by atoms with van der Waals surface area (Å²) in [5.74, 6) is -0.796. The average molecular weight is 356 g/mol. The topological polar surface area (TPSA) is 84.7 Å². The first kappa shape index (κ1) is 29.7. The summed E-state index contributed by atoms with van der Waals surface area (Å²) in [6.07, 6.45) is 7.29. The zero-order valence-corrected chi connectivity index (χ0v) is 17.7. The Labute approximate surface area is 148 Å². The van der Waals surface area contributed by atoms with Crippen molar-refractivity contribution >= 4 is 10.2 Å². The van der Waals surface area contributed by atoms with Crippen molar-refractivity contribution in [2.45, 2.75) is 71.3 Å². The summed E-state index contributed by atoms with van der Waals surface area (Å²) in [4.78, 5) is 0. The van der Waals surface area contributed by atoms with Gasteiger partial charge < -0.3 is 25.2 Å². The van der Waals surface area contributed by atoms with Crippen molar-refractivity contribution in [2.24, 2.45) is 0 Å². The molecular formula is C14H32O5SiTi. The average Bonchev–Trinajstić information content (AvgIpc) is 2.35. The third kappa shape index (κ3) is 15.4. The van der Waals surface area contributed by atoms with Crippen LogP contribution >= 0.6 is 0 Å². The SMILES string of the molecule is CCOC(CCCCCCC[SiH3])(OCC)OCC.[O-2].[O-2].[Ti+4]. The molecule has 0 aliphatic rings. The summed E-state index contributed by atoms with van der Waals surface area (Å²) >= 11 is 0. The van der Waals surface area contributed by atoms with Gasteiger partial charge in [0.05, 0.1) is 0 Å². The molecular weight excluding hydrogens is 324 g/mol. The minimum absolute atomic E-state index is 0. The molecule has 7 heteroatoms. The molecule has 0 fully saturated rings. The largest absolute Gasteiger partial charge is 4.00 e. The molecule has 0 aromatic rings. The van der Waals surface area contributed by atoms with Crippen LogP contribution in [0.3, 0.4) is 0 Å². The zero-order chi connectivity index (χ0) is 13.7. The molecule has 0 aliphatic heterocycles. The Bertz CT molecular complexity index is 170. The van der Waals surface area contributed by atoms with Crippen LogP contribution < -0.4 is 0 Å². The quantitative estimate of drug-likeness (QED) is 0.289. The molecule has 0 radical (unpaired) electrons. The number of hydrogen-bond donors (Lipinski definition) is 0. The van der Waals surface area contributed by atoms with Gasteiger partial charge in [-0.25, -0.2) is 0 Å². The molecule has 0 spiro atoms. The van der Waals surface area contributed by atoms with Gasteiger partial charge in [0.15, 0.2) is 0 Å². The van der Waals surface area contributed by atoms with Crippen molar-refractivity contribution in [3.8, 4) is 0 Å². The second-order valence-corrected chi connectivity index (χ2v) is 5.50. The Kier molecular flexibility index (Phi) is 29.3. The number of hydrogen-bond acceptors (Lipinski definition) is 3. The van der Waals surface area contributed by atoms with Crippen LogP contribution in [0.25, 0.3) is 0 Å². The molecule has 5 nitrogen and oxygen atoms in total. The molecule has 0 rings (SSSR count). The van der Waals surface area contributed by atoms with E-state index in [1.54, 1.807) is 0 Å². The Morgan fingerprint density at radius 1 is 0.714 bits per heavy atom. The molecule has 0 atom stereocenters. The minimum atomic E-state index is -0.796. The van der Waals surface area contributed by atoms with E-state index < -0.39 is 5.97 Å². The van der Waals surface area contributed by atoms with Gasteiger partial charge in [-0.3, -0.25) is 0 Å². The van der Waals surface area contributed by atoms with E-state index in [0.717, 1.165) is 12.8 Å². The van der Waals surface area contributed by atoms with Gasteiger partial charge in [0.1, 0.15) is 0 Å². The van der Waals surface area contributed by atoms with Crippen LogP contribution in [-0.4, -0.2) is 36.0 Å². The van der Waals surface area contributed by atoms with Crippen LogP contribution in [0.4, 0.5) is 0 Å². The third-order valence-corrected chi connectivity index (χ3v) is 3.64. The Morgan fingerprint density at radius 3 is 1.48 bits per heavy atom. The van der Waals surface area contributed by atoms with Crippen LogP contribution in [0.5, 0.6) is 0 Å². The van der Waals surface area contributed by atoms with Gasteiger partial charge in [-0.15, -0.1) is 0 Å². The predicted octanol–water partition coefficient (Wildman–Crippen LogP) is 2.63. The van der Waals surface area contributed by atoms with Gasteiger partial charge in [-0.1, -0.05) is 31.7 Å². The number of rotatable bonds is 13. The van der Waals surface area contributed by atoms with Crippen molar-refractivity contribution in [3.05, 3.63) is 0 Å². The first-order valence-electron chi connectivity index (χ1n) is 7.66. The van der Waals surface area contributed by atoms with E-state index in [1.165, 1.54) is 42.0 Å². The van der Waals surface area contributed by atoms with Crippen molar-refractivity contribution in [2.75, 3.05) is 19.8 Å². The summed E-state index contributed by atoms with van der Waals surface area (Å²) in [5.41, 5.74) is 0. The van der Waals surface area contributed by atoms with E-state index in [0.29, 0.717) is 19.8 Å². The van der Waals surface area contributed by atoms with E-state index in [1.807, 2.05) is 20.8 Å². The van der Waals surface area contributed by atoms with Crippen molar-refractivity contribution in [1.82, 2.24) is 0 Å². The normalized spacial score (nSPS) is 10.4. The van der Waals surface area contributed by atoms with E-state index in [-0.39, 0.29) is 32.7 Å². The molecule has 0 bridgehead atoms. The van der Waals surface area contributed by atoms with Crippen LogP contribution in [0.2, 0.25) is 6.04 Å². The molecule has 0 aromatic heterocycles. The molecule has 0 aromatic carbocycles. The molecule has 0 saturated heterocycles. The maximum absolute atomic E-state index is 5.70. The number of ether oxygens (including phenoxy) is 3. The molecule has 0 N–H and O–H groups in total.